The fourth-order valence-electron chi connectivity index (χ4n) is 2.67. The first kappa shape index (κ1) is 13.7. The summed E-state index contributed by atoms with van der Waals surface area (Å²) < 4.78 is 0. The lowest BCUT2D eigenvalue weighted by atomic mass is 9.62. The minimum Gasteiger partial charge on any atom is -0.481 e. The first-order valence-electron chi connectivity index (χ1n) is 5.97. The van der Waals surface area contributed by atoms with Crippen molar-refractivity contribution in [1.82, 2.24) is 0 Å². The van der Waals surface area contributed by atoms with E-state index < -0.39 is 22.8 Å². The molecule has 2 atom stereocenters. The molecule has 4 nitrogen and oxygen atoms in total. The van der Waals surface area contributed by atoms with E-state index in [0.29, 0.717) is 19.3 Å². The van der Waals surface area contributed by atoms with E-state index >= 15 is 0 Å². The van der Waals surface area contributed by atoms with Crippen LogP contribution >= 0.6 is 0 Å². The molecule has 96 valence electrons. The molecule has 0 amide bonds. The Bertz CT molecular complexity index is 372. The van der Waals surface area contributed by atoms with E-state index in [9.17, 15) is 19.8 Å². The van der Waals surface area contributed by atoms with Gasteiger partial charge in [0.25, 0.3) is 0 Å². The van der Waals surface area contributed by atoms with Gasteiger partial charge in [0.15, 0.2) is 0 Å². The van der Waals surface area contributed by atoms with E-state index in [1.54, 1.807) is 13.0 Å². The zero-order chi connectivity index (χ0) is 13.3. The summed E-state index contributed by atoms with van der Waals surface area (Å²) in [6, 6.07) is 0. The third-order valence-electron chi connectivity index (χ3n) is 3.87. The number of allylic oxidation sites excluding steroid dienone is 1. The SMILES string of the molecule is CCC1=CC(C)(C(=O)O)CC(CC)(C(=O)O)C1. The molecule has 0 saturated heterocycles. The van der Waals surface area contributed by atoms with Crippen molar-refractivity contribution >= 4 is 11.9 Å². The van der Waals surface area contributed by atoms with Gasteiger partial charge in [0.2, 0.25) is 0 Å². The minimum atomic E-state index is -1.06. The third kappa shape index (κ3) is 2.35. The number of carbonyl (C=O) groups is 2. The van der Waals surface area contributed by atoms with Gasteiger partial charge in [-0.25, -0.2) is 0 Å². The quantitative estimate of drug-likeness (QED) is 0.741. The zero-order valence-corrected chi connectivity index (χ0v) is 10.6. The van der Waals surface area contributed by atoms with E-state index in [0.717, 1.165) is 5.57 Å². The van der Waals surface area contributed by atoms with Gasteiger partial charge in [-0.2, -0.15) is 0 Å². The Hall–Kier alpha value is -1.32. The summed E-state index contributed by atoms with van der Waals surface area (Å²) in [7, 11) is 0. The fourth-order valence-corrected chi connectivity index (χ4v) is 2.67. The highest BCUT2D eigenvalue weighted by molar-refractivity contribution is 5.81. The van der Waals surface area contributed by atoms with E-state index in [2.05, 4.69) is 0 Å². The fraction of sp³-hybridized carbons (Fsp3) is 0.692. The van der Waals surface area contributed by atoms with Gasteiger partial charge in [0, 0.05) is 0 Å². The van der Waals surface area contributed by atoms with Crippen LogP contribution in [-0.2, 0) is 9.59 Å². The van der Waals surface area contributed by atoms with Gasteiger partial charge in [-0.15, -0.1) is 0 Å². The van der Waals surface area contributed by atoms with Crippen LogP contribution in [0.5, 0.6) is 0 Å². The Balaban J connectivity index is 3.23. The predicted octanol–water partition coefficient (Wildman–Crippen LogP) is 2.69. The molecule has 0 aromatic carbocycles. The van der Waals surface area contributed by atoms with Gasteiger partial charge in [-0.3, -0.25) is 9.59 Å². The van der Waals surface area contributed by atoms with Gasteiger partial charge in [0.05, 0.1) is 10.8 Å². The molecule has 0 fully saturated rings. The normalized spacial score (nSPS) is 33.0. The van der Waals surface area contributed by atoms with Crippen molar-refractivity contribution in [2.75, 3.05) is 0 Å². The zero-order valence-electron chi connectivity index (χ0n) is 10.6. The first-order chi connectivity index (χ1) is 7.79. The Morgan fingerprint density at radius 2 is 1.88 bits per heavy atom. The number of carboxylic acids is 2. The molecule has 4 heteroatoms. The maximum Gasteiger partial charge on any atom is 0.313 e. The molecule has 1 aliphatic carbocycles. The maximum absolute atomic E-state index is 11.5. The van der Waals surface area contributed by atoms with Crippen molar-refractivity contribution in [3.63, 3.8) is 0 Å². The molecular weight excluding hydrogens is 220 g/mol. The van der Waals surface area contributed by atoms with E-state index in [1.807, 2.05) is 13.8 Å². The van der Waals surface area contributed by atoms with Gasteiger partial charge in [0.1, 0.15) is 0 Å². The highest BCUT2D eigenvalue weighted by Crippen LogP contribution is 2.48. The molecule has 17 heavy (non-hydrogen) atoms. The second-order valence-corrected chi connectivity index (χ2v) is 5.17. The van der Waals surface area contributed by atoms with E-state index in [1.165, 1.54) is 0 Å². The summed E-state index contributed by atoms with van der Waals surface area (Å²) in [4.78, 5) is 22.8. The molecule has 0 spiro atoms. The maximum atomic E-state index is 11.5. The van der Waals surface area contributed by atoms with Crippen LogP contribution in [0.25, 0.3) is 0 Å². The van der Waals surface area contributed by atoms with Gasteiger partial charge < -0.3 is 10.2 Å². The van der Waals surface area contributed by atoms with Crippen LogP contribution in [-0.4, -0.2) is 22.2 Å². The van der Waals surface area contributed by atoms with Crippen LogP contribution in [0.4, 0.5) is 0 Å². The van der Waals surface area contributed by atoms with Crippen molar-refractivity contribution in [2.24, 2.45) is 10.8 Å². The Morgan fingerprint density at radius 3 is 2.24 bits per heavy atom. The number of hydrogen-bond donors (Lipinski definition) is 2. The second-order valence-electron chi connectivity index (χ2n) is 5.17. The highest BCUT2D eigenvalue weighted by atomic mass is 16.4. The standard InChI is InChI=1S/C13H20O4/c1-4-9-6-12(3,10(14)15)8-13(5-2,7-9)11(16)17/h6H,4-5,7-8H2,1-3H3,(H,14,15)(H,16,17). The molecule has 0 saturated carbocycles. The second kappa shape index (κ2) is 4.51. The summed E-state index contributed by atoms with van der Waals surface area (Å²) in [5.41, 5.74) is -1.05. The molecule has 0 aromatic heterocycles. The third-order valence-corrected chi connectivity index (χ3v) is 3.87. The Kier molecular flexibility index (Phi) is 3.65. The monoisotopic (exact) mass is 240 g/mol. The Labute approximate surface area is 101 Å². The molecular formula is C13H20O4. The molecule has 0 aromatic rings. The number of carboxylic acid groups (broad SMARTS) is 2. The van der Waals surface area contributed by atoms with Crippen molar-refractivity contribution in [3.05, 3.63) is 11.6 Å². The smallest absolute Gasteiger partial charge is 0.313 e. The highest BCUT2D eigenvalue weighted by Gasteiger charge is 2.49. The van der Waals surface area contributed by atoms with Crippen molar-refractivity contribution in [3.8, 4) is 0 Å². The van der Waals surface area contributed by atoms with Crippen LogP contribution < -0.4 is 0 Å². The lowest BCUT2D eigenvalue weighted by Crippen LogP contribution is -2.42. The topological polar surface area (TPSA) is 74.6 Å². The molecule has 2 N–H and O–H groups in total. The van der Waals surface area contributed by atoms with Crippen LogP contribution in [0, 0.1) is 10.8 Å². The van der Waals surface area contributed by atoms with Gasteiger partial charge in [-0.1, -0.05) is 25.5 Å². The van der Waals surface area contributed by atoms with Crippen molar-refractivity contribution < 1.29 is 19.8 Å². The molecule has 1 aliphatic rings. The number of hydrogen-bond acceptors (Lipinski definition) is 2. The van der Waals surface area contributed by atoms with Crippen LogP contribution in [0.2, 0.25) is 0 Å². The largest absolute Gasteiger partial charge is 0.481 e. The van der Waals surface area contributed by atoms with Gasteiger partial charge in [-0.05, 0) is 32.6 Å². The molecule has 0 aliphatic heterocycles. The first-order valence-corrected chi connectivity index (χ1v) is 5.97. The average molecular weight is 240 g/mol. The molecule has 0 radical (unpaired) electrons. The minimum absolute atomic E-state index is 0.171. The average Bonchev–Trinajstić information content (AvgIpc) is 2.27. The number of aliphatic carboxylic acids is 2. The van der Waals surface area contributed by atoms with E-state index in [4.69, 9.17) is 0 Å². The summed E-state index contributed by atoms with van der Waals surface area (Å²) in [6.07, 6.45) is 3.55. The molecule has 2 unspecified atom stereocenters. The van der Waals surface area contributed by atoms with Gasteiger partial charge >= 0.3 is 11.9 Å². The predicted molar refractivity (Wildman–Crippen MR) is 63.7 cm³/mol. The molecule has 0 bridgehead atoms. The van der Waals surface area contributed by atoms with Crippen LogP contribution in [0.1, 0.15) is 46.5 Å². The summed E-state index contributed by atoms with van der Waals surface area (Å²) in [5.74, 6) is -1.83. The molecule has 0 heterocycles. The van der Waals surface area contributed by atoms with Crippen LogP contribution in [0.15, 0.2) is 11.6 Å². The summed E-state index contributed by atoms with van der Waals surface area (Å²) >= 11 is 0. The van der Waals surface area contributed by atoms with E-state index in [-0.39, 0.29) is 6.42 Å². The lowest BCUT2D eigenvalue weighted by Gasteiger charge is -2.40. The number of rotatable bonds is 4. The Morgan fingerprint density at radius 1 is 1.29 bits per heavy atom. The summed E-state index contributed by atoms with van der Waals surface area (Å²) in [6.45, 7) is 5.36. The van der Waals surface area contributed by atoms with Crippen molar-refractivity contribution in [2.45, 2.75) is 46.5 Å². The van der Waals surface area contributed by atoms with Crippen molar-refractivity contribution in [1.29, 1.82) is 0 Å². The lowest BCUT2D eigenvalue weighted by molar-refractivity contribution is -0.156. The van der Waals surface area contributed by atoms with Crippen LogP contribution in [0.3, 0.4) is 0 Å². The summed E-state index contributed by atoms with van der Waals surface area (Å²) in [5, 5.41) is 18.7. The molecule has 1 rings (SSSR count).